The Kier molecular flexibility index (Phi) is 4.53. The third-order valence-electron chi connectivity index (χ3n) is 3.73. The van der Waals surface area contributed by atoms with Crippen LogP contribution in [0.15, 0.2) is 24.3 Å². The maximum atomic E-state index is 13.1. The molecule has 0 unspecified atom stereocenters. The van der Waals surface area contributed by atoms with E-state index in [1.165, 1.54) is 6.07 Å². The van der Waals surface area contributed by atoms with Gasteiger partial charge in [0.2, 0.25) is 5.91 Å². The SMILES string of the molecule is C[C@@H](N)C(=O)N1CCC(Cc2cccc(F)c2)CC1. The van der Waals surface area contributed by atoms with Crippen molar-refractivity contribution in [3.63, 3.8) is 0 Å². The molecule has 2 N–H and O–H groups in total. The summed E-state index contributed by atoms with van der Waals surface area (Å²) in [4.78, 5) is 13.6. The molecule has 0 spiro atoms. The standard InChI is InChI=1S/C15H21FN2O/c1-11(17)15(19)18-7-5-12(6-8-18)9-13-3-2-4-14(16)10-13/h2-4,10-12H,5-9,17H2,1H3/t11-/m1/s1. The quantitative estimate of drug-likeness (QED) is 0.907. The number of benzene rings is 1. The fourth-order valence-corrected chi connectivity index (χ4v) is 2.64. The first-order chi connectivity index (χ1) is 9.06. The van der Waals surface area contributed by atoms with Crippen LogP contribution >= 0.6 is 0 Å². The van der Waals surface area contributed by atoms with E-state index in [1.54, 1.807) is 19.1 Å². The lowest BCUT2D eigenvalue weighted by Gasteiger charge is -2.33. The Morgan fingerprint density at radius 3 is 2.74 bits per heavy atom. The molecule has 19 heavy (non-hydrogen) atoms. The van der Waals surface area contributed by atoms with Crippen molar-refractivity contribution in [3.8, 4) is 0 Å². The number of carbonyl (C=O) groups excluding carboxylic acids is 1. The van der Waals surface area contributed by atoms with Crippen LogP contribution in [0.4, 0.5) is 4.39 Å². The predicted molar refractivity (Wildman–Crippen MR) is 73.1 cm³/mol. The Labute approximate surface area is 113 Å². The van der Waals surface area contributed by atoms with Crippen LogP contribution in [0.5, 0.6) is 0 Å². The van der Waals surface area contributed by atoms with Gasteiger partial charge >= 0.3 is 0 Å². The molecule has 1 aliphatic heterocycles. The maximum Gasteiger partial charge on any atom is 0.239 e. The van der Waals surface area contributed by atoms with Gasteiger partial charge in [-0.2, -0.15) is 0 Å². The average Bonchev–Trinajstić information content (AvgIpc) is 2.39. The molecule has 3 nitrogen and oxygen atoms in total. The van der Waals surface area contributed by atoms with E-state index in [9.17, 15) is 9.18 Å². The Hall–Kier alpha value is -1.42. The minimum absolute atomic E-state index is 0.0317. The van der Waals surface area contributed by atoms with E-state index in [0.29, 0.717) is 5.92 Å². The number of nitrogens with zero attached hydrogens (tertiary/aromatic N) is 1. The lowest BCUT2D eigenvalue weighted by molar-refractivity contribution is -0.133. The summed E-state index contributed by atoms with van der Waals surface area (Å²) >= 11 is 0. The first kappa shape index (κ1) is 14.0. The summed E-state index contributed by atoms with van der Waals surface area (Å²) < 4.78 is 13.1. The molecule has 1 atom stereocenters. The molecule has 0 radical (unpaired) electrons. The number of halogens is 1. The van der Waals surface area contributed by atoms with E-state index in [-0.39, 0.29) is 11.7 Å². The summed E-state index contributed by atoms with van der Waals surface area (Å²) in [5.74, 6) is 0.380. The van der Waals surface area contributed by atoms with Crippen molar-refractivity contribution in [2.75, 3.05) is 13.1 Å². The van der Waals surface area contributed by atoms with Gasteiger partial charge in [0.05, 0.1) is 6.04 Å². The molecule has 1 aromatic carbocycles. The Balaban J connectivity index is 1.85. The van der Waals surface area contributed by atoms with Crippen LogP contribution in [0.3, 0.4) is 0 Å². The van der Waals surface area contributed by atoms with Crippen molar-refractivity contribution in [3.05, 3.63) is 35.6 Å². The van der Waals surface area contributed by atoms with Gasteiger partial charge in [-0.05, 0) is 49.8 Å². The second-order valence-electron chi connectivity index (χ2n) is 5.39. The molecule has 1 fully saturated rings. The predicted octanol–water partition coefficient (Wildman–Crippen LogP) is 1.95. The second-order valence-corrected chi connectivity index (χ2v) is 5.39. The number of nitrogens with two attached hydrogens (primary N) is 1. The van der Waals surface area contributed by atoms with Crippen molar-refractivity contribution >= 4 is 5.91 Å². The van der Waals surface area contributed by atoms with Crippen LogP contribution in [0.25, 0.3) is 0 Å². The fourth-order valence-electron chi connectivity index (χ4n) is 2.64. The maximum absolute atomic E-state index is 13.1. The molecule has 1 aromatic rings. The monoisotopic (exact) mass is 264 g/mol. The zero-order chi connectivity index (χ0) is 13.8. The highest BCUT2D eigenvalue weighted by Gasteiger charge is 2.24. The van der Waals surface area contributed by atoms with E-state index in [4.69, 9.17) is 5.73 Å². The smallest absolute Gasteiger partial charge is 0.239 e. The number of likely N-dealkylation sites (tertiary alicyclic amines) is 1. The van der Waals surface area contributed by atoms with Crippen molar-refractivity contribution in [2.45, 2.75) is 32.2 Å². The van der Waals surface area contributed by atoms with Crippen molar-refractivity contribution in [2.24, 2.45) is 11.7 Å². The van der Waals surface area contributed by atoms with Crippen molar-refractivity contribution in [1.29, 1.82) is 0 Å². The summed E-state index contributed by atoms with van der Waals surface area (Å²) in [6.07, 6.45) is 2.82. The minimum atomic E-state index is -0.417. The van der Waals surface area contributed by atoms with Crippen LogP contribution < -0.4 is 5.73 Å². The van der Waals surface area contributed by atoms with Crippen LogP contribution in [0, 0.1) is 11.7 Å². The third kappa shape index (κ3) is 3.77. The molecule has 0 saturated carbocycles. The molecule has 0 aliphatic carbocycles. The van der Waals surface area contributed by atoms with Gasteiger partial charge in [-0.25, -0.2) is 4.39 Å². The van der Waals surface area contributed by atoms with Crippen LogP contribution in [-0.2, 0) is 11.2 Å². The zero-order valence-electron chi connectivity index (χ0n) is 11.3. The number of rotatable bonds is 3. The number of amides is 1. The molecule has 1 heterocycles. The first-order valence-electron chi connectivity index (χ1n) is 6.85. The van der Waals surface area contributed by atoms with Crippen LogP contribution in [0.1, 0.15) is 25.3 Å². The van der Waals surface area contributed by atoms with Gasteiger partial charge in [-0.1, -0.05) is 12.1 Å². The molecule has 2 rings (SSSR count). The molecular weight excluding hydrogens is 243 g/mol. The molecule has 0 bridgehead atoms. The molecule has 1 saturated heterocycles. The van der Waals surface area contributed by atoms with Crippen molar-refractivity contribution in [1.82, 2.24) is 4.90 Å². The molecule has 4 heteroatoms. The molecule has 1 amide bonds. The van der Waals surface area contributed by atoms with Gasteiger partial charge in [-0.15, -0.1) is 0 Å². The summed E-state index contributed by atoms with van der Waals surface area (Å²) in [6.45, 7) is 3.25. The minimum Gasteiger partial charge on any atom is -0.341 e. The number of hydrogen-bond donors (Lipinski definition) is 1. The first-order valence-corrected chi connectivity index (χ1v) is 6.85. The highest BCUT2D eigenvalue weighted by molar-refractivity contribution is 5.81. The van der Waals surface area contributed by atoms with Gasteiger partial charge < -0.3 is 10.6 Å². The highest BCUT2D eigenvalue weighted by Crippen LogP contribution is 2.22. The van der Waals surface area contributed by atoms with E-state index in [0.717, 1.165) is 37.9 Å². The van der Waals surface area contributed by atoms with Gasteiger partial charge in [0.1, 0.15) is 5.82 Å². The van der Waals surface area contributed by atoms with E-state index in [2.05, 4.69) is 0 Å². The average molecular weight is 264 g/mol. The van der Waals surface area contributed by atoms with Gasteiger partial charge in [-0.3, -0.25) is 4.79 Å². The van der Waals surface area contributed by atoms with Crippen LogP contribution in [-0.4, -0.2) is 29.9 Å². The topological polar surface area (TPSA) is 46.3 Å². The second kappa shape index (κ2) is 6.15. The van der Waals surface area contributed by atoms with Gasteiger partial charge in [0, 0.05) is 13.1 Å². The molecule has 104 valence electrons. The Morgan fingerprint density at radius 2 is 2.16 bits per heavy atom. The normalized spacial score (nSPS) is 18.4. The van der Waals surface area contributed by atoms with E-state index < -0.39 is 6.04 Å². The molecule has 1 aliphatic rings. The molecule has 0 aromatic heterocycles. The number of piperidine rings is 1. The largest absolute Gasteiger partial charge is 0.341 e. The summed E-state index contributed by atoms with van der Waals surface area (Å²) in [6, 6.07) is 6.36. The highest BCUT2D eigenvalue weighted by atomic mass is 19.1. The van der Waals surface area contributed by atoms with Gasteiger partial charge in [0.15, 0.2) is 0 Å². The lowest BCUT2D eigenvalue weighted by Crippen LogP contribution is -2.46. The summed E-state index contributed by atoms with van der Waals surface area (Å²) in [5.41, 5.74) is 6.65. The zero-order valence-corrected chi connectivity index (χ0v) is 11.3. The Morgan fingerprint density at radius 1 is 1.47 bits per heavy atom. The number of hydrogen-bond acceptors (Lipinski definition) is 2. The number of carbonyl (C=O) groups is 1. The summed E-state index contributed by atoms with van der Waals surface area (Å²) in [5, 5.41) is 0. The van der Waals surface area contributed by atoms with Crippen LogP contribution in [0.2, 0.25) is 0 Å². The van der Waals surface area contributed by atoms with Crippen molar-refractivity contribution < 1.29 is 9.18 Å². The third-order valence-corrected chi connectivity index (χ3v) is 3.73. The lowest BCUT2D eigenvalue weighted by atomic mass is 9.90. The fraction of sp³-hybridized carbons (Fsp3) is 0.533. The molecular formula is C15H21FN2O. The van der Waals surface area contributed by atoms with Gasteiger partial charge in [0.25, 0.3) is 0 Å². The van der Waals surface area contributed by atoms with E-state index in [1.807, 2.05) is 11.0 Å². The Bertz CT molecular complexity index is 440. The summed E-state index contributed by atoms with van der Waals surface area (Å²) in [7, 11) is 0. The van der Waals surface area contributed by atoms with E-state index >= 15 is 0 Å².